The number of rotatable bonds is 5. The summed E-state index contributed by atoms with van der Waals surface area (Å²) >= 11 is -0.0279. The molecule has 0 N–H and O–H groups in total. The summed E-state index contributed by atoms with van der Waals surface area (Å²) in [5, 5.41) is 0. The minimum absolute atomic E-state index is 0.0279. The highest BCUT2D eigenvalue weighted by molar-refractivity contribution is 5.65. The van der Waals surface area contributed by atoms with Gasteiger partial charge in [0.2, 0.25) is 0 Å². The van der Waals surface area contributed by atoms with E-state index in [1.165, 1.54) is 10.5 Å². The molecule has 0 unspecified atom stereocenters. The van der Waals surface area contributed by atoms with Crippen molar-refractivity contribution in [3.8, 4) is 0 Å². The lowest BCUT2D eigenvalue weighted by Gasteiger charge is -1.94. The highest BCUT2D eigenvalue weighted by Gasteiger charge is 2.04. The molecule has 1 rings (SSSR count). The van der Waals surface area contributed by atoms with Gasteiger partial charge >= 0.3 is 27.2 Å². The predicted octanol–water partition coefficient (Wildman–Crippen LogP) is -0.588. The van der Waals surface area contributed by atoms with Crippen LogP contribution >= 0.6 is 0 Å². The first-order valence-electron chi connectivity index (χ1n) is 4.76. The third kappa shape index (κ3) is 6.28. The van der Waals surface area contributed by atoms with Gasteiger partial charge in [-0.2, -0.15) is 0 Å². The lowest BCUT2D eigenvalue weighted by atomic mass is 10.4. The molecule has 0 fully saturated rings. The maximum atomic E-state index is 10.5. The Morgan fingerprint density at radius 3 is 2.80 bits per heavy atom. The van der Waals surface area contributed by atoms with Gasteiger partial charge in [-0.25, -0.2) is 0 Å². The second-order valence-corrected chi connectivity index (χ2v) is 5.48. The summed E-state index contributed by atoms with van der Waals surface area (Å²) in [7, 11) is 0. The van der Waals surface area contributed by atoms with Crippen molar-refractivity contribution in [3.05, 3.63) is 44.1 Å². The van der Waals surface area contributed by atoms with E-state index < -0.39 is 0 Å². The number of benzene rings is 1. The molecule has 0 radical (unpaired) electrons. The quantitative estimate of drug-likeness (QED) is 0.412. The average molecular weight is 317 g/mol. The molecular formula is C12H14IO2+. The van der Waals surface area contributed by atoms with Crippen LogP contribution in [0.3, 0.4) is 0 Å². The van der Waals surface area contributed by atoms with Crippen molar-refractivity contribution in [3.63, 3.8) is 0 Å². The van der Waals surface area contributed by atoms with E-state index in [4.69, 9.17) is 4.74 Å². The lowest BCUT2D eigenvalue weighted by molar-refractivity contribution is -0.557. The van der Waals surface area contributed by atoms with Crippen molar-refractivity contribution >= 4 is 5.97 Å². The van der Waals surface area contributed by atoms with Gasteiger partial charge in [-0.3, -0.25) is 4.79 Å². The van der Waals surface area contributed by atoms with Gasteiger partial charge in [0, 0.05) is 13.3 Å². The minimum atomic E-state index is -0.207. The van der Waals surface area contributed by atoms with Crippen LogP contribution in [0.15, 0.2) is 40.5 Å². The molecule has 1 aromatic rings. The van der Waals surface area contributed by atoms with E-state index in [9.17, 15) is 4.79 Å². The summed E-state index contributed by atoms with van der Waals surface area (Å²) < 4.78 is 8.43. The normalized spacial score (nSPS) is 10.5. The molecule has 0 aliphatic rings. The second kappa shape index (κ2) is 7.45. The predicted molar refractivity (Wildman–Crippen MR) is 55.5 cm³/mol. The Bertz CT molecular complexity index is 320. The van der Waals surface area contributed by atoms with Crippen LogP contribution in [0.25, 0.3) is 0 Å². The highest BCUT2D eigenvalue weighted by atomic mass is 127. The fourth-order valence-corrected chi connectivity index (χ4v) is 2.80. The Balaban J connectivity index is 2.15. The zero-order valence-electron chi connectivity index (χ0n) is 8.65. The molecule has 0 amide bonds. The number of carbonyl (C=O) groups excluding carboxylic acids is 1. The number of hydrogen-bond acceptors (Lipinski definition) is 2. The van der Waals surface area contributed by atoms with Gasteiger partial charge in [0.05, 0.1) is 6.61 Å². The SMILES string of the molecule is CC(=O)OCC/C=C/[I+]c1ccccc1. The summed E-state index contributed by atoms with van der Waals surface area (Å²) in [6.45, 7) is 1.92. The van der Waals surface area contributed by atoms with Gasteiger partial charge in [-0.15, -0.1) is 0 Å². The Hall–Kier alpha value is -0.840. The highest BCUT2D eigenvalue weighted by Crippen LogP contribution is 1.84. The van der Waals surface area contributed by atoms with Gasteiger partial charge in [-0.1, -0.05) is 18.2 Å². The van der Waals surface area contributed by atoms with Crippen LogP contribution in [0.4, 0.5) is 0 Å². The molecule has 15 heavy (non-hydrogen) atoms. The van der Waals surface area contributed by atoms with E-state index in [0.717, 1.165) is 6.42 Å². The standard InChI is InChI=1S/C12H14IO2/c1-11(14)15-10-6-5-9-13-12-7-3-2-4-8-12/h2-5,7-9H,6,10H2,1H3/q+1/b9-5+. The van der Waals surface area contributed by atoms with Crippen LogP contribution in [-0.2, 0) is 9.53 Å². The minimum Gasteiger partial charge on any atom is -0.466 e. The summed E-state index contributed by atoms with van der Waals surface area (Å²) in [5.74, 6) is -0.207. The molecule has 0 heterocycles. The topological polar surface area (TPSA) is 26.3 Å². The monoisotopic (exact) mass is 317 g/mol. The van der Waals surface area contributed by atoms with Crippen LogP contribution < -0.4 is 21.2 Å². The third-order valence-electron chi connectivity index (χ3n) is 1.60. The maximum absolute atomic E-state index is 10.5. The van der Waals surface area contributed by atoms with Crippen LogP contribution in [0, 0.1) is 3.57 Å². The molecule has 0 aliphatic carbocycles. The van der Waals surface area contributed by atoms with E-state index in [1.807, 2.05) is 6.07 Å². The average Bonchev–Trinajstić information content (AvgIpc) is 2.24. The van der Waals surface area contributed by atoms with Crippen molar-refractivity contribution < 1.29 is 30.7 Å². The van der Waals surface area contributed by atoms with Crippen molar-refractivity contribution in [1.29, 1.82) is 0 Å². The lowest BCUT2D eigenvalue weighted by Crippen LogP contribution is -3.59. The van der Waals surface area contributed by atoms with Gasteiger partial charge < -0.3 is 4.74 Å². The number of hydrogen-bond donors (Lipinski definition) is 0. The fraction of sp³-hybridized carbons (Fsp3) is 0.250. The molecule has 0 atom stereocenters. The van der Waals surface area contributed by atoms with E-state index >= 15 is 0 Å². The van der Waals surface area contributed by atoms with E-state index in [1.54, 1.807) is 0 Å². The second-order valence-electron chi connectivity index (χ2n) is 2.90. The summed E-state index contributed by atoms with van der Waals surface area (Å²) in [5.41, 5.74) is 0. The molecule has 3 heteroatoms. The molecule has 0 spiro atoms. The van der Waals surface area contributed by atoms with Gasteiger partial charge in [-0.05, 0) is 18.2 Å². The molecule has 0 bridgehead atoms. The molecule has 2 nitrogen and oxygen atoms in total. The van der Waals surface area contributed by atoms with Crippen molar-refractivity contribution in [2.75, 3.05) is 6.61 Å². The van der Waals surface area contributed by atoms with E-state index in [0.29, 0.717) is 6.61 Å². The summed E-state index contributed by atoms with van der Waals surface area (Å²) in [6, 6.07) is 10.4. The van der Waals surface area contributed by atoms with Crippen molar-refractivity contribution in [2.24, 2.45) is 0 Å². The number of ether oxygens (including phenoxy) is 1. The van der Waals surface area contributed by atoms with Crippen LogP contribution in [-0.4, -0.2) is 12.6 Å². The first-order valence-corrected chi connectivity index (χ1v) is 7.08. The number of halogens is 1. The number of esters is 1. The molecule has 1 aromatic carbocycles. The third-order valence-corrected chi connectivity index (χ3v) is 3.91. The van der Waals surface area contributed by atoms with Gasteiger partial charge in [0.15, 0.2) is 7.65 Å². The molecule has 80 valence electrons. The molecule has 0 saturated carbocycles. The van der Waals surface area contributed by atoms with Crippen LogP contribution in [0.2, 0.25) is 0 Å². The maximum Gasteiger partial charge on any atom is 0.349 e. The first-order chi connectivity index (χ1) is 7.29. The van der Waals surface area contributed by atoms with Gasteiger partial charge in [0.25, 0.3) is 0 Å². The Labute approximate surface area is 101 Å². The largest absolute Gasteiger partial charge is 0.466 e. The number of carbonyl (C=O) groups is 1. The molecular weight excluding hydrogens is 303 g/mol. The zero-order chi connectivity index (χ0) is 10.9. The summed E-state index contributed by atoms with van der Waals surface area (Å²) in [6.07, 6.45) is 2.90. The molecule has 0 aromatic heterocycles. The molecule has 0 saturated heterocycles. The van der Waals surface area contributed by atoms with E-state index in [2.05, 4.69) is 34.4 Å². The summed E-state index contributed by atoms with van der Waals surface area (Å²) in [4.78, 5) is 10.5. The smallest absolute Gasteiger partial charge is 0.349 e. The van der Waals surface area contributed by atoms with E-state index in [-0.39, 0.29) is 27.2 Å². The van der Waals surface area contributed by atoms with Crippen molar-refractivity contribution in [1.82, 2.24) is 0 Å². The van der Waals surface area contributed by atoms with Gasteiger partial charge in [0.1, 0.15) is 0 Å². The fourth-order valence-electron chi connectivity index (χ4n) is 0.938. The van der Waals surface area contributed by atoms with Crippen LogP contribution in [0.5, 0.6) is 0 Å². The zero-order valence-corrected chi connectivity index (χ0v) is 10.8. The first kappa shape index (κ1) is 12.2. The van der Waals surface area contributed by atoms with Crippen LogP contribution in [0.1, 0.15) is 13.3 Å². The molecule has 0 aliphatic heterocycles. The Kier molecular flexibility index (Phi) is 6.08. The Morgan fingerprint density at radius 1 is 1.40 bits per heavy atom. The Morgan fingerprint density at radius 2 is 2.13 bits per heavy atom. The van der Waals surface area contributed by atoms with Crippen molar-refractivity contribution in [2.45, 2.75) is 13.3 Å².